The number of amides is 4. The Morgan fingerprint density at radius 1 is 1.06 bits per heavy atom. The summed E-state index contributed by atoms with van der Waals surface area (Å²) in [5.41, 5.74) is -0.608. The number of fused-ring (bicyclic) bond motifs is 1. The lowest BCUT2D eigenvalue weighted by Crippen LogP contribution is -2.73. The van der Waals surface area contributed by atoms with Crippen LogP contribution in [0.15, 0.2) is 0 Å². The van der Waals surface area contributed by atoms with Crippen LogP contribution in [0.1, 0.15) is 39.0 Å². The van der Waals surface area contributed by atoms with Crippen LogP contribution >= 0.6 is 0 Å². The molecule has 9 nitrogen and oxygen atoms in total. The minimum atomic E-state index is -5.08. The summed E-state index contributed by atoms with van der Waals surface area (Å²) in [5, 5.41) is 1.80. The molecule has 12 heteroatoms. The maximum Gasteiger partial charge on any atom is 0.471 e. The van der Waals surface area contributed by atoms with Crippen LogP contribution in [0.5, 0.6) is 0 Å². The summed E-state index contributed by atoms with van der Waals surface area (Å²) in [4.78, 5) is 54.0. The van der Waals surface area contributed by atoms with Gasteiger partial charge in [-0.1, -0.05) is 0 Å². The van der Waals surface area contributed by atoms with Gasteiger partial charge in [-0.3, -0.25) is 19.2 Å². The molecule has 1 spiro atoms. The SMILES string of the molecule is CC(=O)N1CCOC2(C1)CN(C(=O)[C@@H]1CC[C@@H]3CCC[C@H](NC(=O)C(F)(F)F)C(=O)N31)C2. The van der Waals surface area contributed by atoms with Crippen molar-refractivity contribution in [3.8, 4) is 0 Å². The number of hydrogen-bond donors (Lipinski definition) is 1. The number of alkyl halides is 3. The van der Waals surface area contributed by atoms with Gasteiger partial charge in [0, 0.05) is 19.5 Å². The van der Waals surface area contributed by atoms with E-state index in [-0.39, 0.29) is 24.3 Å². The highest BCUT2D eigenvalue weighted by Crippen LogP contribution is 2.36. The zero-order chi connectivity index (χ0) is 23.3. The number of likely N-dealkylation sites (tertiary alicyclic amines) is 1. The third kappa shape index (κ3) is 4.16. The highest BCUT2D eigenvalue weighted by Gasteiger charge is 2.53. The van der Waals surface area contributed by atoms with Crippen molar-refractivity contribution in [2.45, 2.75) is 68.9 Å². The number of halogens is 3. The van der Waals surface area contributed by atoms with E-state index in [0.29, 0.717) is 58.5 Å². The number of nitrogens with zero attached hydrogens (tertiary/aromatic N) is 3. The molecule has 4 aliphatic heterocycles. The van der Waals surface area contributed by atoms with Crippen molar-refractivity contribution >= 4 is 23.6 Å². The average Bonchev–Trinajstić information content (AvgIpc) is 3.06. The lowest BCUT2D eigenvalue weighted by molar-refractivity contribution is -0.196. The monoisotopic (exact) mass is 460 g/mol. The standard InChI is InChI=1S/C20H27F3N4O5/c1-12(28)25-7-8-32-19(9-25)10-26(11-19)17(30)15-6-5-13-3-2-4-14(16(29)27(13)15)24-18(31)20(21,22)23/h13-15H,2-11H2,1H3,(H,24,31)/t13-,14-,15-/m0/s1. The number of rotatable bonds is 2. The Labute approximate surface area is 183 Å². The molecule has 3 atom stereocenters. The number of nitrogens with one attached hydrogen (secondary N) is 1. The Morgan fingerprint density at radius 3 is 2.41 bits per heavy atom. The van der Waals surface area contributed by atoms with Gasteiger partial charge >= 0.3 is 12.1 Å². The van der Waals surface area contributed by atoms with Crippen molar-refractivity contribution < 1.29 is 37.1 Å². The van der Waals surface area contributed by atoms with Gasteiger partial charge in [-0.2, -0.15) is 13.2 Å². The van der Waals surface area contributed by atoms with E-state index in [4.69, 9.17) is 4.74 Å². The minimum absolute atomic E-state index is 0.0572. The summed E-state index contributed by atoms with van der Waals surface area (Å²) in [7, 11) is 0. The Morgan fingerprint density at radius 2 is 1.75 bits per heavy atom. The lowest BCUT2D eigenvalue weighted by atomic mass is 9.90. The van der Waals surface area contributed by atoms with Crippen LogP contribution < -0.4 is 5.32 Å². The zero-order valence-electron chi connectivity index (χ0n) is 17.8. The van der Waals surface area contributed by atoms with Gasteiger partial charge in [0.05, 0.1) is 26.2 Å². The largest absolute Gasteiger partial charge is 0.471 e. The predicted molar refractivity (Wildman–Crippen MR) is 103 cm³/mol. The Kier molecular flexibility index (Phi) is 5.84. The molecule has 0 aromatic rings. The van der Waals surface area contributed by atoms with Crippen LogP contribution in [0.3, 0.4) is 0 Å². The first-order chi connectivity index (χ1) is 15.0. The van der Waals surface area contributed by atoms with Gasteiger partial charge in [-0.25, -0.2) is 0 Å². The van der Waals surface area contributed by atoms with Crippen molar-refractivity contribution in [3.05, 3.63) is 0 Å². The fourth-order valence-electron chi connectivity index (χ4n) is 5.30. The highest BCUT2D eigenvalue weighted by atomic mass is 19.4. The molecule has 0 saturated carbocycles. The Balaban J connectivity index is 1.42. The van der Waals surface area contributed by atoms with E-state index in [1.54, 1.807) is 15.1 Å². The number of carbonyl (C=O) groups is 4. The molecule has 4 saturated heterocycles. The maximum atomic E-state index is 13.2. The average molecular weight is 460 g/mol. The first-order valence-corrected chi connectivity index (χ1v) is 10.9. The third-order valence-electron chi connectivity index (χ3n) is 6.90. The summed E-state index contributed by atoms with van der Waals surface area (Å²) in [6.07, 6.45) is -2.89. The number of ether oxygens (including phenoxy) is 1. The van der Waals surface area contributed by atoms with E-state index in [0.717, 1.165) is 0 Å². The summed E-state index contributed by atoms with van der Waals surface area (Å²) in [6.45, 7) is 3.37. The fraction of sp³-hybridized carbons (Fsp3) is 0.800. The fourth-order valence-corrected chi connectivity index (χ4v) is 5.30. The predicted octanol–water partition coefficient (Wildman–Crippen LogP) is 0.0367. The van der Waals surface area contributed by atoms with Gasteiger partial charge in [-0.05, 0) is 32.1 Å². The molecule has 0 aromatic carbocycles. The number of carbonyl (C=O) groups excluding carboxylic acids is 4. The summed E-state index contributed by atoms with van der Waals surface area (Å²) in [5.74, 6) is -3.10. The van der Waals surface area contributed by atoms with Crippen LogP contribution in [0.2, 0.25) is 0 Å². The van der Waals surface area contributed by atoms with E-state index in [9.17, 15) is 32.3 Å². The van der Waals surface area contributed by atoms with Gasteiger partial charge in [0.25, 0.3) is 0 Å². The van der Waals surface area contributed by atoms with Gasteiger partial charge in [0.1, 0.15) is 17.7 Å². The van der Waals surface area contributed by atoms with E-state index >= 15 is 0 Å². The van der Waals surface area contributed by atoms with Gasteiger partial charge in [0.15, 0.2) is 0 Å². The molecule has 4 amide bonds. The van der Waals surface area contributed by atoms with Gasteiger partial charge in [-0.15, -0.1) is 0 Å². The van der Waals surface area contributed by atoms with Crippen LogP contribution in [0, 0.1) is 0 Å². The van der Waals surface area contributed by atoms with E-state index in [1.807, 2.05) is 0 Å². The Hall–Kier alpha value is -2.37. The molecular weight excluding hydrogens is 433 g/mol. The van der Waals surface area contributed by atoms with Crippen molar-refractivity contribution in [3.63, 3.8) is 0 Å². The smallest absolute Gasteiger partial charge is 0.368 e. The Bertz CT molecular complexity index is 814. The van der Waals surface area contributed by atoms with Crippen molar-refractivity contribution in [1.29, 1.82) is 0 Å². The molecule has 4 heterocycles. The van der Waals surface area contributed by atoms with Crippen LogP contribution in [0.25, 0.3) is 0 Å². The molecule has 4 fully saturated rings. The summed E-state index contributed by atoms with van der Waals surface area (Å²) >= 11 is 0. The van der Waals surface area contributed by atoms with Crippen LogP contribution in [-0.2, 0) is 23.9 Å². The topological polar surface area (TPSA) is 99.3 Å². The van der Waals surface area contributed by atoms with E-state index in [2.05, 4.69) is 0 Å². The van der Waals surface area contributed by atoms with Gasteiger partial charge < -0.3 is 24.8 Å². The highest BCUT2D eigenvalue weighted by molar-refractivity contribution is 5.94. The first-order valence-electron chi connectivity index (χ1n) is 10.9. The quantitative estimate of drug-likeness (QED) is 0.627. The molecule has 4 rings (SSSR count). The first kappa shape index (κ1) is 22.8. The molecule has 0 unspecified atom stereocenters. The maximum absolute atomic E-state index is 13.2. The van der Waals surface area contributed by atoms with E-state index in [1.165, 1.54) is 11.8 Å². The van der Waals surface area contributed by atoms with E-state index < -0.39 is 35.7 Å². The third-order valence-corrected chi connectivity index (χ3v) is 6.90. The molecular formula is C20H27F3N4O5. The number of morpholine rings is 1. The lowest BCUT2D eigenvalue weighted by Gasteiger charge is -2.54. The number of hydrogen-bond acceptors (Lipinski definition) is 5. The van der Waals surface area contributed by atoms with Gasteiger partial charge in [0.2, 0.25) is 17.7 Å². The molecule has 1 N–H and O–H groups in total. The molecule has 0 radical (unpaired) electrons. The molecule has 4 aliphatic rings. The zero-order valence-corrected chi connectivity index (χ0v) is 17.8. The van der Waals surface area contributed by atoms with Crippen molar-refractivity contribution in [1.82, 2.24) is 20.0 Å². The molecule has 0 aromatic heterocycles. The summed E-state index contributed by atoms with van der Waals surface area (Å²) in [6, 6.07) is -2.28. The van der Waals surface area contributed by atoms with Crippen molar-refractivity contribution in [2.24, 2.45) is 0 Å². The molecule has 0 bridgehead atoms. The second kappa shape index (κ2) is 8.20. The van der Waals surface area contributed by atoms with Crippen LogP contribution in [0.4, 0.5) is 13.2 Å². The van der Waals surface area contributed by atoms with Crippen LogP contribution in [-0.4, -0.2) is 101 Å². The normalized spacial score (nSPS) is 29.9. The molecule has 32 heavy (non-hydrogen) atoms. The minimum Gasteiger partial charge on any atom is -0.368 e. The second-order valence-corrected chi connectivity index (χ2v) is 9.11. The second-order valence-electron chi connectivity index (χ2n) is 9.11. The molecule has 0 aliphatic carbocycles. The molecule has 178 valence electrons. The summed E-state index contributed by atoms with van der Waals surface area (Å²) < 4.78 is 43.9. The van der Waals surface area contributed by atoms with Crippen molar-refractivity contribution in [2.75, 3.05) is 32.8 Å².